The first-order chi connectivity index (χ1) is 12.7. The first kappa shape index (κ1) is 22.8. The third-order valence-corrected chi connectivity index (χ3v) is 8.67. The van der Waals surface area contributed by atoms with E-state index in [-0.39, 0.29) is 24.7 Å². The van der Waals surface area contributed by atoms with E-state index in [0.29, 0.717) is 12.8 Å². The summed E-state index contributed by atoms with van der Waals surface area (Å²) < 4.78 is 51.2. The van der Waals surface area contributed by atoms with Crippen LogP contribution in [0.5, 0.6) is 0 Å². The van der Waals surface area contributed by atoms with Crippen molar-refractivity contribution in [1.82, 2.24) is 10.0 Å². The maximum Gasteiger partial charge on any atom is 0.239 e. The first-order valence-corrected chi connectivity index (χ1v) is 12.8. The van der Waals surface area contributed by atoms with Gasteiger partial charge in [-0.1, -0.05) is 13.8 Å². The van der Waals surface area contributed by atoms with Gasteiger partial charge in [0.25, 0.3) is 0 Å². The van der Waals surface area contributed by atoms with Gasteiger partial charge >= 0.3 is 0 Å². The third-order valence-electron chi connectivity index (χ3n) is 6.22. The minimum Gasteiger partial charge on any atom is -0.354 e. The number of Topliss-reactive ketones (excluding diaryl/α,β-unsaturated/α-hetero) is 1. The number of sulfonamides is 1. The van der Waals surface area contributed by atoms with E-state index in [1.54, 1.807) is 0 Å². The number of ketones is 1. The zero-order valence-electron chi connectivity index (χ0n) is 16.3. The second-order valence-electron chi connectivity index (χ2n) is 8.39. The molecule has 2 aliphatic carbocycles. The molecule has 11 heteroatoms. The van der Waals surface area contributed by atoms with Gasteiger partial charge in [-0.25, -0.2) is 21.6 Å². The van der Waals surface area contributed by atoms with E-state index >= 15 is 0 Å². The van der Waals surface area contributed by atoms with Gasteiger partial charge in [0.1, 0.15) is 21.7 Å². The van der Waals surface area contributed by atoms with E-state index in [1.807, 2.05) is 19.9 Å². The van der Waals surface area contributed by atoms with Crippen molar-refractivity contribution in [3.63, 3.8) is 0 Å². The minimum atomic E-state index is -4.12. The molecule has 158 valence electrons. The number of rotatable bonds is 9. The maximum atomic E-state index is 12.8. The molecule has 2 fully saturated rings. The van der Waals surface area contributed by atoms with Crippen LogP contribution in [-0.4, -0.2) is 58.9 Å². The molecule has 28 heavy (non-hydrogen) atoms. The molecule has 9 nitrogen and oxygen atoms in total. The molecule has 0 heterocycles. The Morgan fingerprint density at radius 2 is 1.96 bits per heavy atom. The van der Waals surface area contributed by atoms with Crippen LogP contribution in [0.1, 0.15) is 39.5 Å². The first-order valence-electron chi connectivity index (χ1n) is 9.10. The summed E-state index contributed by atoms with van der Waals surface area (Å²) >= 11 is 0. The number of carbonyl (C=O) groups is 2. The second kappa shape index (κ2) is 7.72. The van der Waals surface area contributed by atoms with Crippen molar-refractivity contribution in [3.8, 4) is 6.07 Å². The van der Waals surface area contributed by atoms with Crippen LogP contribution < -0.4 is 10.0 Å². The van der Waals surface area contributed by atoms with Crippen molar-refractivity contribution in [2.75, 3.05) is 24.3 Å². The minimum absolute atomic E-state index is 0.0112. The Kier molecular flexibility index (Phi) is 6.28. The number of fused-ring (bicyclic) bond motifs is 2. The molecule has 2 N–H and O–H groups in total. The van der Waals surface area contributed by atoms with Gasteiger partial charge in [-0.05, 0) is 24.2 Å². The Labute approximate surface area is 166 Å². The number of sulfone groups is 1. The molecule has 3 atom stereocenters. The molecular weight excluding hydrogens is 406 g/mol. The number of hydrogen-bond acceptors (Lipinski definition) is 7. The van der Waals surface area contributed by atoms with Crippen molar-refractivity contribution < 1.29 is 26.4 Å². The van der Waals surface area contributed by atoms with Gasteiger partial charge in [0, 0.05) is 24.6 Å². The average Bonchev–Trinajstić information content (AvgIpc) is 2.86. The number of nitriles is 1. The number of nitrogens with zero attached hydrogens (tertiary/aromatic N) is 1. The molecule has 1 amide bonds. The van der Waals surface area contributed by atoms with Crippen LogP contribution in [-0.2, 0) is 29.4 Å². The molecule has 0 aromatic rings. The molecule has 0 aromatic carbocycles. The highest BCUT2D eigenvalue weighted by Gasteiger charge is 2.65. The lowest BCUT2D eigenvalue weighted by Crippen LogP contribution is -2.53. The lowest BCUT2D eigenvalue weighted by molar-refractivity contribution is -0.128. The lowest BCUT2D eigenvalue weighted by atomic mass is 9.70. The van der Waals surface area contributed by atoms with E-state index in [1.165, 1.54) is 0 Å². The van der Waals surface area contributed by atoms with Crippen molar-refractivity contribution >= 4 is 31.6 Å². The summed E-state index contributed by atoms with van der Waals surface area (Å²) in [4.78, 5) is 24.9. The van der Waals surface area contributed by atoms with Crippen molar-refractivity contribution in [1.29, 1.82) is 5.26 Å². The summed E-state index contributed by atoms with van der Waals surface area (Å²) in [7, 11) is -7.79. The molecule has 2 rings (SSSR count). The SMILES string of the molecule is CC1(C)C2CCC1(CS(=O)(=O)NC(CS(C)(=O)=O)C(=O)NCCC#N)C(=O)C2. The topological polar surface area (TPSA) is 150 Å². The Bertz CT molecular complexity index is 904. The van der Waals surface area contributed by atoms with Crippen LogP contribution in [0.2, 0.25) is 0 Å². The third kappa shape index (κ3) is 4.55. The summed E-state index contributed by atoms with van der Waals surface area (Å²) in [5.74, 6) is -1.94. The summed E-state index contributed by atoms with van der Waals surface area (Å²) in [6.45, 7) is 3.77. The number of hydrogen-bond donors (Lipinski definition) is 2. The van der Waals surface area contributed by atoms with E-state index < -0.39 is 54.1 Å². The van der Waals surface area contributed by atoms with Crippen LogP contribution in [0.3, 0.4) is 0 Å². The fourth-order valence-corrected chi connectivity index (χ4v) is 7.50. The maximum absolute atomic E-state index is 12.8. The van der Waals surface area contributed by atoms with E-state index in [0.717, 1.165) is 12.7 Å². The van der Waals surface area contributed by atoms with Gasteiger partial charge in [0.15, 0.2) is 0 Å². The van der Waals surface area contributed by atoms with Crippen LogP contribution in [0, 0.1) is 28.1 Å². The second-order valence-corrected chi connectivity index (χ2v) is 12.3. The summed E-state index contributed by atoms with van der Waals surface area (Å²) in [5, 5.41) is 10.9. The number of carbonyl (C=O) groups excluding carboxylic acids is 2. The standard InChI is InChI=1S/C17H27N3O6S2/c1-16(2)12-5-6-17(16,14(21)9-12)11-28(25,26)20-13(10-27(3,23)24)15(22)19-8-4-7-18/h12-13,20H,4-6,8-11H2,1-3H3,(H,19,22). The van der Waals surface area contributed by atoms with Gasteiger partial charge in [0.2, 0.25) is 15.9 Å². The zero-order chi connectivity index (χ0) is 21.4. The number of amides is 1. The van der Waals surface area contributed by atoms with Crippen LogP contribution in [0.15, 0.2) is 0 Å². The molecule has 0 aromatic heterocycles. The summed E-state index contributed by atoms with van der Waals surface area (Å²) in [5.41, 5.74) is -1.49. The Morgan fingerprint density at radius 1 is 1.32 bits per heavy atom. The summed E-state index contributed by atoms with van der Waals surface area (Å²) in [6, 6.07) is 0.307. The van der Waals surface area contributed by atoms with Gasteiger partial charge in [0.05, 0.1) is 24.0 Å². The van der Waals surface area contributed by atoms with Gasteiger partial charge in [-0.3, -0.25) is 9.59 Å². The smallest absolute Gasteiger partial charge is 0.239 e. The van der Waals surface area contributed by atoms with Gasteiger partial charge in [-0.15, -0.1) is 0 Å². The molecule has 0 aliphatic heterocycles. The van der Waals surface area contributed by atoms with E-state index in [2.05, 4.69) is 10.0 Å². The van der Waals surface area contributed by atoms with E-state index in [4.69, 9.17) is 5.26 Å². The Morgan fingerprint density at radius 3 is 2.43 bits per heavy atom. The highest BCUT2D eigenvalue weighted by Crippen LogP contribution is 2.64. The van der Waals surface area contributed by atoms with Crippen LogP contribution in [0.25, 0.3) is 0 Å². The predicted octanol–water partition coefficient (Wildman–Crippen LogP) is -0.256. The lowest BCUT2D eigenvalue weighted by Gasteiger charge is -2.36. The highest BCUT2D eigenvalue weighted by molar-refractivity contribution is 7.91. The molecule has 2 aliphatic rings. The van der Waals surface area contributed by atoms with Crippen molar-refractivity contribution in [2.45, 2.75) is 45.6 Å². The van der Waals surface area contributed by atoms with Crippen LogP contribution in [0.4, 0.5) is 0 Å². The van der Waals surface area contributed by atoms with E-state index in [9.17, 15) is 26.4 Å². The van der Waals surface area contributed by atoms with Crippen molar-refractivity contribution in [3.05, 3.63) is 0 Å². The fourth-order valence-electron chi connectivity index (χ4n) is 4.52. The van der Waals surface area contributed by atoms with Gasteiger partial charge < -0.3 is 5.32 Å². The normalized spacial score (nSPS) is 27.4. The largest absolute Gasteiger partial charge is 0.354 e. The zero-order valence-corrected chi connectivity index (χ0v) is 18.0. The van der Waals surface area contributed by atoms with Gasteiger partial charge in [-0.2, -0.15) is 5.26 Å². The number of nitrogens with one attached hydrogen (secondary N) is 2. The highest BCUT2D eigenvalue weighted by atomic mass is 32.2. The van der Waals surface area contributed by atoms with Crippen LogP contribution >= 0.6 is 0 Å². The van der Waals surface area contributed by atoms with Crippen molar-refractivity contribution in [2.24, 2.45) is 16.7 Å². The molecular formula is C17H27N3O6S2. The average molecular weight is 434 g/mol. The summed E-state index contributed by atoms with van der Waals surface area (Å²) in [6.07, 6.45) is 2.51. The molecule has 3 unspecified atom stereocenters. The Balaban J connectivity index is 2.21. The molecule has 0 radical (unpaired) electrons. The quantitative estimate of drug-likeness (QED) is 0.476. The fraction of sp³-hybridized carbons (Fsp3) is 0.824. The molecule has 0 spiro atoms. The molecule has 2 saturated carbocycles. The molecule has 2 bridgehead atoms. The molecule has 0 saturated heterocycles. The Hall–Kier alpha value is -1.51. The predicted molar refractivity (Wildman–Crippen MR) is 102 cm³/mol. The monoisotopic (exact) mass is 433 g/mol.